The number of hydrogen-bond donors (Lipinski definition) is 1. The summed E-state index contributed by atoms with van der Waals surface area (Å²) in [6, 6.07) is 15.8. The van der Waals surface area contributed by atoms with E-state index in [1.807, 2.05) is 56.4 Å². The minimum atomic E-state index is -0.283. The molecule has 2 aromatic carbocycles. The number of nitrogens with zero attached hydrogens (tertiary/aromatic N) is 1. The summed E-state index contributed by atoms with van der Waals surface area (Å²) < 4.78 is 5.45. The fourth-order valence-electron chi connectivity index (χ4n) is 2.99. The van der Waals surface area contributed by atoms with Crippen molar-refractivity contribution in [2.45, 2.75) is 39.4 Å². The number of likely N-dealkylation sites (N-methyl/N-ethyl adjacent to an activating group) is 1. The maximum atomic E-state index is 12.7. The number of benzene rings is 2. The van der Waals surface area contributed by atoms with Crippen LogP contribution in [0.5, 0.6) is 5.75 Å². The molecular formula is C21H28N2O2. The Morgan fingerprint density at radius 1 is 1.16 bits per heavy atom. The highest BCUT2D eigenvalue weighted by atomic mass is 16.5. The minimum Gasteiger partial charge on any atom is -0.496 e. The van der Waals surface area contributed by atoms with Gasteiger partial charge in [0.25, 0.3) is 0 Å². The number of methoxy groups -OCH3 is 1. The highest BCUT2D eigenvalue weighted by Gasteiger charge is 2.21. The molecule has 0 aromatic heterocycles. The van der Waals surface area contributed by atoms with Crippen LogP contribution in [0.25, 0.3) is 0 Å². The zero-order chi connectivity index (χ0) is 18.4. The number of ether oxygens (including phenoxy) is 1. The number of carbonyl (C=O) groups is 1. The predicted octanol–water partition coefficient (Wildman–Crippen LogP) is 3.70. The molecule has 2 rings (SSSR count). The molecule has 0 spiro atoms. The van der Waals surface area contributed by atoms with Gasteiger partial charge in [-0.3, -0.25) is 10.1 Å². The maximum Gasteiger partial charge on any atom is 0.239 e. The number of nitrogens with one attached hydrogen (secondary N) is 1. The van der Waals surface area contributed by atoms with Crippen molar-refractivity contribution in [3.8, 4) is 5.75 Å². The van der Waals surface area contributed by atoms with Crippen LogP contribution in [0.15, 0.2) is 48.5 Å². The van der Waals surface area contributed by atoms with Gasteiger partial charge in [0.05, 0.1) is 13.2 Å². The number of hydrogen-bond acceptors (Lipinski definition) is 3. The number of aryl methyl sites for hydroxylation is 1. The average Bonchev–Trinajstić information content (AvgIpc) is 2.61. The Balaban J connectivity index is 2.01. The number of rotatable bonds is 7. The average molecular weight is 340 g/mol. The van der Waals surface area contributed by atoms with Gasteiger partial charge in [-0.25, -0.2) is 0 Å². The smallest absolute Gasteiger partial charge is 0.239 e. The Hall–Kier alpha value is -2.33. The SMILES string of the molecule is COc1ccc(C)cc1C(C)NC(C)C(=O)N(C)Cc1ccccc1. The van der Waals surface area contributed by atoms with Crippen LogP contribution in [0.3, 0.4) is 0 Å². The molecule has 0 aliphatic heterocycles. The molecule has 0 fully saturated rings. The molecule has 2 aromatic rings. The third-order valence-electron chi connectivity index (χ3n) is 4.36. The van der Waals surface area contributed by atoms with E-state index >= 15 is 0 Å². The lowest BCUT2D eigenvalue weighted by atomic mass is 10.0. The van der Waals surface area contributed by atoms with Gasteiger partial charge in [-0.05, 0) is 32.4 Å². The van der Waals surface area contributed by atoms with E-state index in [-0.39, 0.29) is 18.0 Å². The van der Waals surface area contributed by atoms with Crippen LogP contribution in [-0.4, -0.2) is 31.0 Å². The molecule has 134 valence electrons. The van der Waals surface area contributed by atoms with Crippen LogP contribution < -0.4 is 10.1 Å². The molecule has 0 saturated heterocycles. The Kier molecular flexibility index (Phi) is 6.59. The van der Waals surface area contributed by atoms with Crippen LogP contribution in [0.1, 0.15) is 36.6 Å². The molecule has 4 nitrogen and oxygen atoms in total. The zero-order valence-electron chi connectivity index (χ0n) is 15.7. The van der Waals surface area contributed by atoms with E-state index in [0.717, 1.165) is 16.9 Å². The van der Waals surface area contributed by atoms with Gasteiger partial charge in [-0.15, -0.1) is 0 Å². The molecular weight excluding hydrogens is 312 g/mol. The van der Waals surface area contributed by atoms with Crippen LogP contribution >= 0.6 is 0 Å². The van der Waals surface area contributed by atoms with E-state index in [9.17, 15) is 4.79 Å². The topological polar surface area (TPSA) is 41.6 Å². The summed E-state index contributed by atoms with van der Waals surface area (Å²) in [5, 5.41) is 3.39. The van der Waals surface area contributed by atoms with Crippen molar-refractivity contribution in [2.75, 3.05) is 14.2 Å². The number of carbonyl (C=O) groups excluding carboxylic acids is 1. The maximum absolute atomic E-state index is 12.7. The highest BCUT2D eigenvalue weighted by Crippen LogP contribution is 2.26. The van der Waals surface area contributed by atoms with Gasteiger partial charge in [0, 0.05) is 25.2 Å². The predicted molar refractivity (Wildman–Crippen MR) is 102 cm³/mol. The molecule has 1 N–H and O–H groups in total. The van der Waals surface area contributed by atoms with Gasteiger partial charge in [-0.2, -0.15) is 0 Å². The Bertz CT molecular complexity index is 700. The first-order valence-electron chi connectivity index (χ1n) is 8.62. The lowest BCUT2D eigenvalue weighted by Crippen LogP contribution is -2.43. The summed E-state index contributed by atoms with van der Waals surface area (Å²) in [7, 11) is 3.51. The molecule has 0 heterocycles. The van der Waals surface area contributed by atoms with Crippen molar-refractivity contribution in [3.63, 3.8) is 0 Å². The van der Waals surface area contributed by atoms with E-state index < -0.39 is 0 Å². The number of amides is 1. The van der Waals surface area contributed by atoms with Crippen molar-refractivity contribution in [1.82, 2.24) is 10.2 Å². The van der Waals surface area contributed by atoms with Gasteiger partial charge in [-0.1, -0.05) is 48.0 Å². The second-order valence-corrected chi connectivity index (χ2v) is 6.54. The van der Waals surface area contributed by atoms with Crippen LogP contribution in [0, 0.1) is 6.92 Å². The molecule has 1 amide bonds. The Morgan fingerprint density at radius 3 is 2.48 bits per heavy atom. The molecule has 0 saturated carbocycles. The second-order valence-electron chi connectivity index (χ2n) is 6.54. The largest absolute Gasteiger partial charge is 0.496 e. The zero-order valence-corrected chi connectivity index (χ0v) is 15.7. The van der Waals surface area contributed by atoms with Crippen molar-refractivity contribution in [1.29, 1.82) is 0 Å². The third kappa shape index (κ3) is 5.07. The second kappa shape index (κ2) is 8.67. The summed E-state index contributed by atoms with van der Waals surface area (Å²) in [5.74, 6) is 0.908. The van der Waals surface area contributed by atoms with Crippen molar-refractivity contribution < 1.29 is 9.53 Å². The minimum absolute atomic E-state index is 0.0129. The van der Waals surface area contributed by atoms with Gasteiger partial charge < -0.3 is 9.64 Å². The van der Waals surface area contributed by atoms with Gasteiger partial charge in [0.1, 0.15) is 5.75 Å². The first kappa shape index (κ1) is 19.0. The molecule has 0 bridgehead atoms. The quantitative estimate of drug-likeness (QED) is 0.835. The molecule has 2 atom stereocenters. The highest BCUT2D eigenvalue weighted by molar-refractivity contribution is 5.81. The first-order valence-corrected chi connectivity index (χ1v) is 8.62. The van der Waals surface area contributed by atoms with Gasteiger partial charge in [0.2, 0.25) is 5.91 Å². The van der Waals surface area contributed by atoms with Crippen LogP contribution in [-0.2, 0) is 11.3 Å². The molecule has 4 heteroatoms. The normalized spacial score (nSPS) is 13.2. The van der Waals surface area contributed by atoms with E-state index in [2.05, 4.69) is 25.2 Å². The van der Waals surface area contributed by atoms with Crippen LogP contribution in [0.2, 0.25) is 0 Å². The fraction of sp³-hybridized carbons (Fsp3) is 0.381. The summed E-state index contributed by atoms with van der Waals surface area (Å²) in [4.78, 5) is 14.4. The van der Waals surface area contributed by atoms with E-state index in [1.165, 1.54) is 5.56 Å². The van der Waals surface area contributed by atoms with Crippen molar-refractivity contribution in [3.05, 3.63) is 65.2 Å². The summed E-state index contributed by atoms with van der Waals surface area (Å²) in [6.07, 6.45) is 0. The summed E-state index contributed by atoms with van der Waals surface area (Å²) >= 11 is 0. The molecule has 25 heavy (non-hydrogen) atoms. The molecule has 0 aliphatic rings. The van der Waals surface area contributed by atoms with E-state index in [1.54, 1.807) is 12.0 Å². The standard InChI is InChI=1S/C21H28N2O2/c1-15-11-12-20(25-5)19(13-15)16(2)22-17(3)21(24)23(4)14-18-9-7-6-8-10-18/h6-13,16-17,22H,14H2,1-5H3. The van der Waals surface area contributed by atoms with Crippen LogP contribution in [0.4, 0.5) is 0 Å². The van der Waals surface area contributed by atoms with E-state index in [4.69, 9.17) is 4.74 Å². The van der Waals surface area contributed by atoms with Gasteiger partial charge in [0.15, 0.2) is 0 Å². The van der Waals surface area contributed by atoms with Gasteiger partial charge >= 0.3 is 0 Å². The third-order valence-corrected chi connectivity index (χ3v) is 4.36. The first-order chi connectivity index (χ1) is 11.9. The molecule has 0 aliphatic carbocycles. The summed E-state index contributed by atoms with van der Waals surface area (Å²) in [6.45, 7) is 6.62. The molecule has 0 radical (unpaired) electrons. The Labute approximate surface area is 150 Å². The van der Waals surface area contributed by atoms with Crippen molar-refractivity contribution in [2.24, 2.45) is 0 Å². The van der Waals surface area contributed by atoms with E-state index in [0.29, 0.717) is 6.54 Å². The lowest BCUT2D eigenvalue weighted by Gasteiger charge is -2.26. The lowest BCUT2D eigenvalue weighted by molar-refractivity contribution is -0.132. The Morgan fingerprint density at radius 2 is 1.84 bits per heavy atom. The monoisotopic (exact) mass is 340 g/mol. The van der Waals surface area contributed by atoms with Crippen molar-refractivity contribution >= 4 is 5.91 Å². The fourth-order valence-corrected chi connectivity index (χ4v) is 2.99. The molecule has 2 unspecified atom stereocenters. The summed E-state index contributed by atoms with van der Waals surface area (Å²) in [5.41, 5.74) is 3.36.